The minimum absolute atomic E-state index is 0.0683. The highest BCUT2D eigenvalue weighted by atomic mass is 35.5. The summed E-state index contributed by atoms with van der Waals surface area (Å²) in [5.74, 6) is -0.407. The molecule has 0 aliphatic heterocycles. The number of fused-ring (bicyclic) bond motifs is 3. The molecule has 25 heavy (non-hydrogen) atoms. The molecule has 1 atom stereocenters. The first kappa shape index (κ1) is 18.1. The van der Waals surface area contributed by atoms with Gasteiger partial charge in [0.1, 0.15) is 5.82 Å². The van der Waals surface area contributed by atoms with E-state index in [4.69, 9.17) is 11.6 Å². The third-order valence-electron chi connectivity index (χ3n) is 5.03. The largest absolute Gasteiger partial charge is 0.465 e. The second kappa shape index (κ2) is 6.20. The van der Waals surface area contributed by atoms with Gasteiger partial charge < -0.3 is 14.6 Å². The number of aromatic nitrogens is 1. The average molecular weight is 367 g/mol. The van der Waals surface area contributed by atoms with E-state index in [9.17, 15) is 14.3 Å². The third-order valence-corrected chi connectivity index (χ3v) is 5.32. The van der Waals surface area contributed by atoms with Gasteiger partial charge in [0.2, 0.25) is 0 Å². The van der Waals surface area contributed by atoms with Crippen LogP contribution >= 0.6 is 11.6 Å². The van der Waals surface area contributed by atoms with Crippen LogP contribution in [0.15, 0.2) is 12.1 Å². The Labute approximate surface area is 152 Å². The van der Waals surface area contributed by atoms with Crippen molar-refractivity contribution in [1.29, 1.82) is 0 Å². The van der Waals surface area contributed by atoms with E-state index < -0.39 is 17.4 Å². The molecule has 2 aromatic rings. The second-order valence-electron chi connectivity index (χ2n) is 7.85. The SMILES string of the molecule is CC(CN(C(=O)O)C(C)(C)C)n1c2c(c3cc(F)c(Cl)cc31)CCC2. The van der Waals surface area contributed by atoms with Crippen LogP contribution in [0.4, 0.5) is 9.18 Å². The van der Waals surface area contributed by atoms with Crippen LogP contribution in [0.5, 0.6) is 0 Å². The molecule has 1 heterocycles. The fourth-order valence-electron chi connectivity index (χ4n) is 3.89. The summed E-state index contributed by atoms with van der Waals surface area (Å²) < 4.78 is 16.1. The monoisotopic (exact) mass is 366 g/mol. The smallest absolute Gasteiger partial charge is 0.407 e. The summed E-state index contributed by atoms with van der Waals surface area (Å²) in [4.78, 5) is 13.1. The van der Waals surface area contributed by atoms with Gasteiger partial charge in [-0.15, -0.1) is 0 Å². The molecule has 3 rings (SSSR count). The van der Waals surface area contributed by atoms with E-state index >= 15 is 0 Å². The van der Waals surface area contributed by atoms with E-state index in [-0.39, 0.29) is 11.1 Å². The Morgan fingerprint density at radius 2 is 2.08 bits per heavy atom. The van der Waals surface area contributed by atoms with Crippen molar-refractivity contribution in [2.75, 3.05) is 6.54 Å². The van der Waals surface area contributed by atoms with Crippen molar-refractivity contribution in [3.05, 3.63) is 34.2 Å². The predicted molar refractivity (Wildman–Crippen MR) is 98.1 cm³/mol. The average Bonchev–Trinajstić information content (AvgIpc) is 3.05. The molecule has 136 valence electrons. The topological polar surface area (TPSA) is 45.5 Å². The molecule has 1 aliphatic rings. The molecule has 0 radical (unpaired) electrons. The van der Waals surface area contributed by atoms with Crippen molar-refractivity contribution in [3.63, 3.8) is 0 Å². The Morgan fingerprint density at radius 3 is 2.68 bits per heavy atom. The van der Waals surface area contributed by atoms with Crippen molar-refractivity contribution in [2.24, 2.45) is 0 Å². The lowest BCUT2D eigenvalue weighted by molar-refractivity contribution is 0.0917. The summed E-state index contributed by atoms with van der Waals surface area (Å²) in [6.45, 7) is 8.04. The molecule has 0 spiro atoms. The standard InChI is InChI=1S/C19H24ClFN2O2/c1-11(10-22(18(24)25)19(2,3)4)23-16-7-5-6-12(16)13-8-15(21)14(20)9-17(13)23/h8-9,11H,5-7,10H2,1-4H3,(H,24,25). The van der Waals surface area contributed by atoms with E-state index in [2.05, 4.69) is 4.57 Å². The van der Waals surface area contributed by atoms with Gasteiger partial charge in [-0.25, -0.2) is 9.18 Å². The van der Waals surface area contributed by atoms with E-state index in [1.165, 1.54) is 22.2 Å². The van der Waals surface area contributed by atoms with Crippen LogP contribution in [0.3, 0.4) is 0 Å². The zero-order valence-electron chi connectivity index (χ0n) is 15.1. The maximum atomic E-state index is 14.0. The lowest BCUT2D eigenvalue weighted by Gasteiger charge is -2.36. The molecular formula is C19H24ClFN2O2. The summed E-state index contributed by atoms with van der Waals surface area (Å²) in [6, 6.07) is 3.12. The molecule has 1 N–H and O–H groups in total. The summed E-state index contributed by atoms with van der Waals surface area (Å²) in [6.07, 6.45) is 1.96. The Balaban J connectivity index is 2.09. The Morgan fingerprint density at radius 1 is 1.40 bits per heavy atom. The second-order valence-corrected chi connectivity index (χ2v) is 8.25. The van der Waals surface area contributed by atoms with E-state index in [1.807, 2.05) is 27.7 Å². The minimum Gasteiger partial charge on any atom is -0.465 e. The molecule has 1 unspecified atom stereocenters. The van der Waals surface area contributed by atoms with Gasteiger partial charge in [0.15, 0.2) is 0 Å². The first-order valence-electron chi connectivity index (χ1n) is 8.62. The first-order chi connectivity index (χ1) is 11.6. The van der Waals surface area contributed by atoms with E-state index in [0.29, 0.717) is 6.54 Å². The highest BCUT2D eigenvalue weighted by Crippen LogP contribution is 2.38. The van der Waals surface area contributed by atoms with Crippen LogP contribution < -0.4 is 0 Å². The summed E-state index contributed by atoms with van der Waals surface area (Å²) in [5.41, 5.74) is 2.76. The number of carbonyl (C=O) groups is 1. The number of hydrogen-bond donors (Lipinski definition) is 1. The molecule has 4 nitrogen and oxygen atoms in total. The maximum Gasteiger partial charge on any atom is 0.407 e. The Hall–Kier alpha value is -1.75. The van der Waals surface area contributed by atoms with Crippen LogP contribution in [0.1, 0.15) is 51.4 Å². The van der Waals surface area contributed by atoms with Crippen molar-refractivity contribution < 1.29 is 14.3 Å². The van der Waals surface area contributed by atoms with Crippen LogP contribution in [0.2, 0.25) is 5.02 Å². The molecule has 1 aromatic carbocycles. The van der Waals surface area contributed by atoms with Crippen molar-refractivity contribution in [3.8, 4) is 0 Å². The van der Waals surface area contributed by atoms with Crippen molar-refractivity contribution in [1.82, 2.24) is 9.47 Å². The fourth-order valence-corrected chi connectivity index (χ4v) is 4.05. The van der Waals surface area contributed by atoms with E-state index in [1.54, 1.807) is 6.07 Å². The normalized spacial score (nSPS) is 15.4. The number of hydrogen-bond acceptors (Lipinski definition) is 1. The molecule has 1 aliphatic carbocycles. The Kier molecular flexibility index (Phi) is 4.48. The van der Waals surface area contributed by atoms with Crippen molar-refractivity contribution >= 4 is 28.6 Å². The lowest BCUT2D eigenvalue weighted by atomic mass is 10.1. The van der Waals surface area contributed by atoms with Gasteiger partial charge in [0.05, 0.1) is 10.5 Å². The number of nitrogens with zero attached hydrogens (tertiary/aromatic N) is 2. The Bertz CT molecular complexity index is 838. The minimum atomic E-state index is -0.934. The molecular weight excluding hydrogens is 343 g/mol. The number of aryl methyl sites for hydroxylation is 1. The van der Waals surface area contributed by atoms with Gasteiger partial charge in [0, 0.05) is 29.2 Å². The summed E-state index contributed by atoms with van der Waals surface area (Å²) in [7, 11) is 0. The fraction of sp³-hybridized carbons (Fsp3) is 0.526. The number of benzene rings is 1. The zero-order chi connectivity index (χ0) is 18.5. The first-order valence-corrected chi connectivity index (χ1v) is 9.00. The van der Waals surface area contributed by atoms with Gasteiger partial charge in [-0.05, 0) is 64.7 Å². The molecule has 0 saturated carbocycles. The van der Waals surface area contributed by atoms with Gasteiger partial charge in [0.25, 0.3) is 0 Å². The lowest BCUT2D eigenvalue weighted by Crippen LogP contribution is -2.47. The van der Waals surface area contributed by atoms with E-state index in [0.717, 1.165) is 30.2 Å². The zero-order valence-corrected chi connectivity index (χ0v) is 15.8. The summed E-state index contributed by atoms with van der Waals surface area (Å²) >= 11 is 6.02. The molecule has 0 saturated heterocycles. The predicted octanol–water partition coefficient (Wildman–Crippen LogP) is 5.26. The molecule has 1 aromatic heterocycles. The molecule has 0 bridgehead atoms. The number of amides is 1. The van der Waals surface area contributed by atoms with Crippen LogP contribution in [0, 0.1) is 5.82 Å². The van der Waals surface area contributed by atoms with Gasteiger partial charge in [-0.3, -0.25) is 0 Å². The molecule has 1 amide bonds. The highest BCUT2D eigenvalue weighted by Gasteiger charge is 2.31. The third kappa shape index (κ3) is 3.10. The molecule has 6 heteroatoms. The van der Waals surface area contributed by atoms with Gasteiger partial charge in [-0.2, -0.15) is 0 Å². The summed E-state index contributed by atoms with van der Waals surface area (Å²) in [5, 5.41) is 10.6. The number of carboxylic acid groups (broad SMARTS) is 1. The van der Waals surface area contributed by atoms with Gasteiger partial charge in [-0.1, -0.05) is 11.6 Å². The van der Waals surface area contributed by atoms with Crippen LogP contribution in [-0.2, 0) is 12.8 Å². The maximum absolute atomic E-state index is 14.0. The molecule has 0 fully saturated rings. The van der Waals surface area contributed by atoms with Crippen LogP contribution in [0.25, 0.3) is 10.9 Å². The van der Waals surface area contributed by atoms with Crippen molar-refractivity contribution in [2.45, 2.75) is 58.5 Å². The number of halogens is 2. The quantitative estimate of drug-likeness (QED) is 0.805. The van der Waals surface area contributed by atoms with Crippen LogP contribution in [-0.4, -0.2) is 32.8 Å². The number of rotatable bonds is 3. The highest BCUT2D eigenvalue weighted by molar-refractivity contribution is 6.31. The van der Waals surface area contributed by atoms with Gasteiger partial charge >= 0.3 is 6.09 Å².